The van der Waals surface area contributed by atoms with Gasteiger partial charge >= 0.3 is 5.97 Å². The Labute approximate surface area is 160 Å². The number of nitro benzene ring substituents is 1. The van der Waals surface area contributed by atoms with Crippen LogP contribution in [0.25, 0.3) is 0 Å². The van der Waals surface area contributed by atoms with Crippen molar-refractivity contribution in [3.05, 3.63) is 93.5 Å². The number of carbonyl (C=O) groups is 1. The maximum absolute atomic E-state index is 12.2. The molecule has 28 heavy (non-hydrogen) atoms. The summed E-state index contributed by atoms with van der Waals surface area (Å²) in [6.45, 7) is 1.70. The number of nitrogens with zero attached hydrogens (tertiary/aromatic N) is 1. The van der Waals surface area contributed by atoms with E-state index >= 15 is 0 Å². The molecule has 0 radical (unpaired) electrons. The number of phenols is 1. The number of benzene rings is 3. The highest BCUT2D eigenvalue weighted by Gasteiger charge is 2.14. The van der Waals surface area contributed by atoms with Crippen molar-refractivity contribution in [1.82, 2.24) is 0 Å². The molecule has 7 heteroatoms. The number of phenolic OH excluding ortho intramolecular Hbond substituents is 1. The molecule has 3 aromatic rings. The molecule has 0 saturated carbocycles. The van der Waals surface area contributed by atoms with Gasteiger partial charge in [-0.2, -0.15) is 0 Å². The highest BCUT2D eigenvalue weighted by atomic mass is 16.6. The normalized spacial score (nSPS) is 10.3. The third-order valence-corrected chi connectivity index (χ3v) is 4.01. The topological polar surface area (TPSA) is 98.9 Å². The van der Waals surface area contributed by atoms with Crippen LogP contribution in [0.2, 0.25) is 0 Å². The Morgan fingerprint density at radius 1 is 1.04 bits per heavy atom. The van der Waals surface area contributed by atoms with Crippen molar-refractivity contribution in [2.45, 2.75) is 13.5 Å². The number of non-ortho nitro benzene ring substituents is 1. The zero-order chi connectivity index (χ0) is 20.1. The number of carbonyl (C=O) groups excluding carboxylic acids is 1. The summed E-state index contributed by atoms with van der Waals surface area (Å²) in [6.07, 6.45) is 0. The van der Waals surface area contributed by atoms with E-state index in [0.717, 1.165) is 0 Å². The summed E-state index contributed by atoms with van der Waals surface area (Å²) in [5, 5.41) is 20.7. The van der Waals surface area contributed by atoms with E-state index in [1.165, 1.54) is 30.3 Å². The summed E-state index contributed by atoms with van der Waals surface area (Å²) >= 11 is 0. The molecule has 0 spiro atoms. The van der Waals surface area contributed by atoms with Crippen LogP contribution in [0.4, 0.5) is 5.69 Å². The third-order valence-electron chi connectivity index (χ3n) is 4.01. The Morgan fingerprint density at radius 2 is 1.75 bits per heavy atom. The second-order valence-electron chi connectivity index (χ2n) is 6.05. The standard InChI is InChI=1S/C21H17NO6/c1-14-4-2-7-19(20(14)23)21(24)27-13-15-5-3-6-18(12-15)28-17-10-8-16(9-11-17)22(25)26/h2-12,23H,13H2,1H3. The zero-order valence-corrected chi connectivity index (χ0v) is 15.0. The van der Waals surface area contributed by atoms with Crippen LogP contribution in [0.1, 0.15) is 21.5 Å². The summed E-state index contributed by atoms with van der Waals surface area (Å²) in [6, 6.07) is 17.5. The lowest BCUT2D eigenvalue weighted by molar-refractivity contribution is -0.384. The van der Waals surface area contributed by atoms with Crippen LogP contribution >= 0.6 is 0 Å². The van der Waals surface area contributed by atoms with Gasteiger partial charge in [0.15, 0.2) is 0 Å². The van der Waals surface area contributed by atoms with Gasteiger partial charge in [0.05, 0.1) is 4.92 Å². The summed E-state index contributed by atoms with van der Waals surface area (Å²) < 4.78 is 10.9. The molecule has 0 fully saturated rings. The Kier molecular flexibility index (Phi) is 5.55. The summed E-state index contributed by atoms with van der Waals surface area (Å²) in [5.41, 5.74) is 1.37. The lowest BCUT2D eigenvalue weighted by atomic mass is 10.1. The molecule has 0 heterocycles. The SMILES string of the molecule is Cc1cccc(C(=O)OCc2cccc(Oc3ccc([N+](=O)[O-])cc3)c2)c1O. The predicted octanol–water partition coefficient (Wildman–Crippen LogP) is 4.76. The molecule has 0 unspecified atom stereocenters. The number of esters is 1. The first-order valence-electron chi connectivity index (χ1n) is 8.41. The van der Waals surface area contributed by atoms with Gasteiger partial charge in [-0.15, -0.1) is 0 Å². The van der Waals surface area contributed by atoms with Crippen LogP contribution in [-0.2, 0) is 11.3 Å². The Bertz CT molecular complexity index is 1010. The van der Waals surface area contributed by atoms with E-state index < -0.39 is 10.9 Å². The lowest BCUT2D eigenvalue weighted by Crippen LogP contribution is -2.06. The number of hydrogen-bond donors (Lipinski definition) is 1. The monoisotopic (exact) mass is 379 g/mol. The number of ether oxygens (including phenoxy) is 2. The van der Waals surface area contributed by atoms with Gasteiger partial charge < -0.3 is 14.6 Å². The molecule has 0 aromatic heterocycles. The molecule has 0 bridgehead atoms. The van der Waals surface area contributed by atoms with Crippen molar-refractivity contribution in [1.29, 1.82) is 0 Å². The van der Waals surface area contributed by atoms with Crippen LogP contribution in [0.3, 0.4) is 0 Å². The second-order valence-corrected chi connectivity index (χ2v) is 6.05. The number of nitro groups is 1. The fourth-order valence-corrected chi connectivity index (χ4v) is 2.52. The first kappa shape index (κ1) is 18.9. The van der Waals surface area contributed by atoms with Crippen LogP contribution in [-0.4, -0.2) is 16.0 Å². The molecular formula is C21H17NO6. The molecule has 0 aliphatic carbocycles. The molecule has 7 nitrogen and oxygen atoms in total. The molecule has 142 valence electrons. The van der Waals surface area contributed by atoms with Gasteiger partial charge in [-0.1, -0.05) is 24.3 Å². The van der Waals surface area contributed by atoms with Gasteiger partial charge in [-0.3, -0.25) is 10.1 Å². The fraction of sp³-hybridized carbons (Fsp3) is 0.0952. The molecule has 0 atom stereocenters. The number of aryl methyl sites for hydroxylation is 1. The first-order valence-corrected chi connectivity index (χ1v) is 8.41. The van der Waals surface area contributed by atoms with Gasteiger partial charge in [0.1, 0.15) is 29.4 Å². The van der Waals surface area contributed by atoms with Gasteiger partial charge in [0.25, 0.3) is 5.69 Å². The predicted molar refractivity (Wildman–Crippen MR) is 102 cm³/mol. The van der Waals surface area contributed by atoms with Crippen LogP contribution in [0.5, 0.6) is 17.2 Å². The maximum atomic E-state index is 12.2. The molecule has 3 rings (SSSR count). The second kappa shape index (κ2) is 8.22. The van der Waals surface area contributed by atoms with E-state index in [4.69, 9.17) is 9.47 Å². The van der Waals surface area contributed by atoms with E-state index in [0.29, 0.717) is 22.6 Å². The Hall–Kier alpha value is -3.87. The van der Waals surface area contributed by atoms with E-state index in [2.05, 4.69) is 0 Å². The van der Waals surface area contributed by atoms with Crippen molar-refractivity contribution in [3.8, 4) is 17.2 Å². The van der Waals surface area contributed by atoms with Gasteiger partial charge in [0, 0.05) is 12.1 Å². The number of aromatic hydroxyl groups is 1. The summed E-state index contributed by atoms with van der Waals surface area (Å²) in [5.74, 6) is 0.232. The highest BCUT2D eigenvalue weighted by Crippen LogP contribution is 2.26. The fourth-order valence-electron chi connectivity index (χ4n) is 2.52. The maximum Gasteiger partial charge on any atom is 0.342 e. The number of rotatable bonds is 6. The average Bonchev–Trinajstić information content (AvgIpc) is 2.69. The Morgan fingerprint density at radius 3 is 2.46 bits per heavy atom. The summed E-state index contributed by atoms with van der Waals surface area (Å²) in [4.78, 5) is 22.4. The first-order chi connectivity index (χ1) is 13.4. The van der Waals surface area contributed by atoms with E-state index in [-0.39, 0.29) is 23.6 Å². The van der Waals surface area contributed by atoms with Crippen molar-refractivity contribution in [2.75, 3.05) is 0 Å². The molecule has 0 saturated heterocycles. The number of hydrogen-bond acceptors (Lipinski definition) is 6. The minimum Gasteiger partial charge on any atom is -0.507 e. The average molecular weight is 379 g/mol. The largest absolute Gasteiger partial charge is 0.507 e. The molecule has 3 aromatic carbocycles. The van der Waals surface area contributed by atoms with Crippen molar-refractivity contribution < 1.29 is 24.3 Å². The van der Waals surface area contributed by atoms with Crippen LogP contribution in [0, 0.1) is 17.0 Å². The zero-order valence-electron chi connectivity index (χ0n) is 15.0. The molecule has 1 N–H and O–H groups in total. The van der Waals surface area contributed by atoms with Gasteiger partial charge in [-0.25, -0.2) is 4.79 Å². The van der Waals surface area contributed by atoms with E-state index in [1.54, 1.807) is 43.3 Å². The lowest BCUT2D eigenvalue weighted by Gasteiger charge is -2.10. The molecule has 0 aliphatic heterocycles. The van der Waals surface area contributed by atoms with Gasteiger partial charge in [0.2, 0.25) is 0 Å². The minimum atomic E-state index is -0.622. The Balaban J connectivity index is 1.65. The smallest absolute Gasteiger partial charge is 0.342 e. The van der Waals surface area contributed by atoms with Crippen molar-refractivity contribution in [3.63, 3.8) is 0 Å². The minimum absolute atomic E-state index is 0.00365. The summed E-state index contributed by atoms with van der Waals surface area (Å²) in [7, 11) is 0. The van der Waals surface area contributed by atoms with Crippen molar-refractivity contribution >= 4 is 11.7 Å². The van der Waals surface area contributed by atoms with Crippen LogP contribution < -0.4 is 4.74 Å². The van der Waals surface area contributed by atoms with Gasteiger partial charge in [-0.05, 0) is 48.4 Å². The molecule has 0 aliphatic rings. The van der Waals surface area contributed by atoms with E-state index in [9.17, 15) is 20.0 Å². The number of para-hydroxylation sites is 1. The third kappa shape index (κ3) is 4.45. The van der Waals surface area contributed by atoms with Crippen molar-refractivity contribution in [2.24, 2.45) is 0 Å². The van der Waals surface area contributed by atoms with Crippen LogP contribution in [0.15, 0.2) is 66.7 Å². The molecular weight excluding hydrogens is 362 g/mol. The van der Waals surface area contributed by atoms with E-state index in [1.807, 2.05) is 0 Å². The highest BCUT2D eigenvalue weighted by molar-refractivity contribution is 5.92. The molecule has 0 amide bonds. The quantitative estimate of drug-likeness (QED) is 0.377.